The number of carbonyl (C=O) groups is 1. The maximum absolute atomic E-state index is 11.8. The molecule has 10 nitrogen and oxygen atoms in total. The summed E-state index contributed by atoms with van der Waals surface area (Å²) in [5.74, 6) is 0.481. The molecule has 0 saturated carbocycles. The number of nitrogens with one attached hydrogen (secondary N) is 2. The predicted molar refractivity (Wildman–Crippen MR) is 134 cm³/mol. The molecule has 2 N–H and O–H groups in total. The van der Waals surface area contributed by atoms with Crippen LogP contribution >= 0.6 is 0 Å². The van der Waals surface area contributed by atoms with Crippen molar-refractivity contribution in [3.8, 4) is 11.3 Å². The monoisotopic (exact) mass is 469 g/mol. The molecule has 2 aliphatic rings. The number of hydrogen-bond acceptors (Lipinski definition) is 8. The van der Waals surface area contributed by atoms with Gasteiger partial charge in [0.05, 0.1) is 11.9 Å². The number of piperazine rings is 1. The number of carbonyl (C=O) groups excluding carboxylic acids is 1. The second kappa shape index (κ2) is 8.62. The summed E-state index contributed by atoms with van der Waals surface area (Å²) in [6, 6.07) is 11.0. The lowest BCUT2D eigenvalue weighted by atomic mass is 10.1. The van der Waals surface area contributed by atoms with E-state index in [-0.39, 0.29) is 5.91 Å². The van der Waals surface area contributed by atoms with Gasteiger partial charge in [-0.15, -0.1) is 0 Å². The van der Waals surface area contributed by atoms with E-state index in [9.17, 15) is 4.79 Å². The summed E-state index contributed by atoms with van der Waals surface area (Å²) in [5.41, 5.74) is 5.71. The van der Waals surface area contributed by atoms with Crippen molar-refractivity contribution in [2.45, 2.75) is 26.4 Å². The van der Waals surface area contributed by atoms with E-state index < -0.39 is 0 Å². The van der Waals surface area contributed by atoms with Gasteiger partial charge in [0.1, 0.15) is 12.0 Å². The van der Waals surface area contributed by atoms with E-state index >= 15 is 0 Å². The van der Waals surface area contributed by atoms with Crippen LogP contribution < -0.4 is 15.5 Å². The Labute approximate surface area is 203 Å². The molecule has 178 valence electrons. The Morgan fingerprint density at radius 2 is 1.80 bits per heavy atom. The van der Waals surface area contributed by atoms with Crippen LogP contribution in [-0.2, 0) is 6.54 Å². The highest BCUT2D eigenvalue weighted by atomic mass is 16.2. The van der Waals surface area contributed by atoms with Crippen LogP contribution in [0.25, 0.3) is 16.9 Å². The molecular weight excluding hydrogens is 442 g/mol. The number of rotatable bonds is 5. The minimum atomic E-state index is -0.140. The third-order valence-electron chi connectivity index (χ3n) is 6.76. The number of anilines is 3. The summed E-state index contributed by atoms with van der Waals surface area (Å²) in [7, 11) is 0. The van der Waals surface area contributed by atoms with Crippen molar-refractivity contribution < 1.29 is 4.79 Å². The molecule has 1 fully saturated rings. The van der Waals surface area contributed by atoms with E-state index in [1.165, 1.54) is 12.0 Å². The van der Waals surface area contributed by atoms with Crippen molar-refractivity contribution in [2.24, 2.45) is 0 Å². The number of amides is 1. The third-order valence-corrected chi connectivity index (χ3v) is 6.76. The number of fused-ring (bicyclic) bond motifs is 2. The molecule has 0 aliphatic carbocycles. The summed E-state index contributed by atoms with van der Waals surface area (Å²) < 4.78 is 1.74. The van der Waals surface area contributed by atoms with Gasteiger partial charge in [-0.3, -0.25) is 14.7 Å². The molecule has 0 radical (unpaired) electrons. The van der Waals surface area contributed by atoms with E-state index in [4.69, 9.17) is 0 Å². The smallest absolute Gasteiger partial charge is 0.270 e. The van der Waals surface area contributed by atoms with Crippen LogP contribution in [0.4, 0.5) is 17.2 Å². The van der Waals surface area contributed by atoms with E-state index in [0.29, 0.717) is 29.7 Å². The molecule has 2 aliphatic heterocycles. The van der Waals surface area contributed by atoms with Crippen molar-refractivity contribution in [3.63, 3.8) is 0 Å². The molecular formula is C25H27N9O. The zero-order valence-electron chi connectivity index (χ0n) is 19.8. The highest BCUT2D eigenvalue weighted by Gasteiger charge is 2.22. The van der Waals surface area contributed by atoms with Gasteiger partial charge in [0.15, 0.2) is 11.5 Å². The fourth-order valence-electron chi connectivity index (χ4n) is 4.74. The molecule has 4 aromatic rings. The largest absolute Gasteiger partial charge is 0.369 e. The molecule has 0 atom stereocenters. The summed E-state index contributed by atoms with van der Waals surface area (Å²) in [6.07, 6.45) is 4.94. The third kappa shape index (κ3) is 3.95. The van der Waals surface area contributed by atoms with Crippen molar-refractivity contribution in [1.29, 1.82) is 0 Å². The first-order valence-electron chi connectivity index (χ1n) is 11.9. The second-order valence-electron chi connectivity index (χ2n) is 9.19. The van der Waals surface area contributed by atoms with Gasteiger partial charge in [-0.05, 0) is 44.2 Å². The molecule has 3 aromatic heterocycles. The molecule has 6 rings (SSSR count). The molecule has 5 heterocycles. The molecule has 10 heteroatoms. The highest BCUT2D eigenvalue weighted by Crippen LogP contribution is 2.27. The Balaban J connectivity index is 1.22. The minimum Gasteiger partial charge on any atom is -0.369 e. The zero-order valence-corrected chi connectivity index (χ0v) is 19.8. The predicted octanol–water partition coefficient (Wildman–Crippen LogP) is 2.70. The van der Waals surface area contributed by atoms with Gasteiger partial charge in [-0.25, -0.2) is 14.5 Å². The van der Waals surface area contributed by atoms with Crippen molar-refractivity contribution >= 4 is 28.7 Å². The van der Waals surface area contributed by atoms with E-state index in [2.05, 4.69) is 78.6 Å². The van der Waals surface area contributed by atoms with Gasteiger partial charge < -0.3 is 15.5 Å². The van der Waals surface area contributed by atoms with Gasteiger partial charge in [-0.1, -0.05) is 0 Å². The maximum atomic E-state index is 11.8. The van der Waals surface area contributed by atoms with Crippen LogP contribution in [0, 0.1) is 0 Å². The van der Waals surface area contributed by atoms with Crippen molar-refractivity contribution in [3.05, 3.63) is 60.3 Å². The molecule has 35 heavy (non-hydrogen) atoms. The SMILES string of the molecule is CC(C)N1CCN(c2ccc(Nc3ncc(-c4cnc5c(c4)CNC5=O)n4ncnc34)cc2)CC1. The summed E-state index contributed by atoms with van der Waals surface area (Å²) in [6.45, 7) is 9.24. The molecule has 0 unspecified atom stereocenters. The Bertz CT molecular complexity index is 1390. The van der Waals surface area contributed by atoms with Crippen LogP contribution in [0.3, 0.4) is 0 Å². The summed E-state index contributed by atoms with van der Waals surface area (Å²) in [4.78, 5) is 30.2. The lowest BCUT2D eigenvalue weighted by molar-refractivity contribution is 0.0961. The lowest BCUT2D eigenvalue weighted by Gasteiger charge is -2.38. The average molecular weight is 470 g/mol. The zero-order chi connectivity index (χ0) is 23.9. The van der Waals surface area contributed by atoms with Gasteiger partial charge in [0.25, 0.3) is 5.91 Å². The molecule has 0 spiro atoms. The number of aromatic nitrogens is 5. The van der Waals surface area contributed by atoms with Gasteiger partial charge >= 0.3 is 0 Å². The van der Waals surface area contributed by atoms with Crippen LogP contribution in [0.2, 0.25) is 0 Å². The average Bonchev–Trinajstić information content (AvgIpc) is 3.52. The standard InChI is InChI=1S/C25H27N9O/c1-16(2)32-7-9-33(10-8-32)20-5-3-19(4-6-20)31-23-24-29-15-30-34(24)21(14-27-23)17-11-18-13-28-25(35)22(18)26-12-17/h3-6,11-12,14-16H,7-10,13H2,1-2H3,(H,27,31)(H,28,35). The van der Waals surface area contributed by atoms with Crippen LogP contribution in [0.1, 0.15) is 29.9 Å². The maximum Gasteiger partial charge on any atom is 0.270 e. The Kier molecular flexibility index (Phi) is 5.29. The first-order valence-corrected chi connectivity index (χ1v) is 11.9. The summed E-state index contributed by atoms with van der Waals surface area (Å²) >= 11 is 0. The van der Waals surface area contributed by atoms with Gasteiger partial charge in [0, 0.05) is 67.5 Å². The molecule has 1 amide bonds. The van der Waals surface area contributed by atoms with E-state index in [1.807, 2.05) is 6.07 Å². The minimum absolute atomic E-state index is 0.140. The molecule has 1 aromatic carbocycles. The van der Waals surface area contributed by atoms with Gasteiger partial charge in [-0.2, -0.15) is 5.10 Å². The first-order chi connectivity index (χ1) is 17.1. The lowest BCUT2D eigenvalue weighted by Crippen LogP contribution is -2.48. The van der Waals surface area contributed by atoms with Crippen LogP contribution in [-0.4, -0.2) is 67.6 Å². The molecule has 1 saturated heterocycles. The highest BCUT2D eigenvalue weighted by molar-refractivity contribution is 5.96. The Morgan fingerprint density at radius 3 is 2.57 bits per heavy atom. The number of hydrogen-bond donors (Lipinski definition) is 2. The Hall–Kier alpha value is -4.05. The van der Waals surface area contributed by atoms with Crippen LogP contribution in [0.5, 0.6) is 0 Å². The number of nitrogens with zero attached hydrogens (tertiary/aromatic N) is 7. The number of pyridine rings is 1. The van der Waals surface area contributed by atoms with E-state index in [1.54, 1.807) is 16.9 Å². The quantitative estimate of drug-likeness (QED) is 0.460. The number of benzene rings is 1. The van der Waals surface area contributed by atoms with E-state index in [0.717, 1.165) is 48.7 Å². The topological polar surface area (TPSA) is 104 Å². The fourth-order valence-corrected chi connectivity index (χ4v) is 4.74. The normalized spacial score (nSPS) is 16.1. The summed E-state index contributed by atoms with van der Waals surface area (Å²) in [5, 5.41) is 10.6. The van der Waals surface area contributed by atoms with Crippen molar-refractivity contribution in [1.82, 2.24) is 34.8 Å². The second-order valence-corrected chi connectivity index (χ2v) is 9.19. The van der Waals surface area contributed by atoms with Crippen LogP contribution in [0.15, 0.2) is 49.1 Å². The fraction of sp³-hybridized carbons (Fsp3) is 0.320. The molecule has 0 bridgehead atoms. The van der Waals surface area contributed by atoms with Crippen molar-refractivity contribution in [2.75, 3.05) is 36.4 Å². The first kappa shape index (κ1) is 21.5. The Morgan fingerprint density at radius 1 is 1.00 bits per heavy atom. The van der Waals surface area contributed by atoms with Gasteiger partial charge in [0.2, 0.25) is 0 Å².